The Kier molecular flexibility index (Phi) is 7.62. The summed E-state index contributed by atoms with van der Waals surface area (Å²) in [5.41, 5.74) is 0. The molecule has 0 aromatic heterocycles. The lowest BCUT2D eigenvalue weighted by molar-refractivity contribution is -0.160. The molecule has 1 aliphatic heterocycles. The molecule has 1 amide bonds. The van der Waals surface area contributed by atoms with Crippen LogP contribution >= 0.6 is 0 Å². The van der Waals surface area contributed by atoms with Gasteiger partial charge in [0.2, 0.25) is 5.91 Å². The minimum absolute atomic E-state index is 0.0242. The van der Waals surface area contributed by atoms with Crippen LogP contribution in [-0.4, -0.2) is 77.3 Å². The van der Waals surface area contributed by atoms with Crippen LogP contribution in [0, 0.1) is 0 Å². The molecule has 0 radical (unpaired) electrons. The highest BCUT2D eigenvalue weighted by Gasteiger charge is 2.45. The zero-order chi connectivity index (χ0) is 18.8. The molecule has 0 bridgehead atoms. The Balaban J connectivity index is 2.67. The molecule has 8 nitrogen and oxygen atoms in total. The molecule has 23 heavy (non-hydrogen) atoms. The van der Waals surface area contributed by atoms with Crippen LogP contribution < -0.4 is 5.32 Å². The summed E-state index contributed by atoms with van der Waals surface area (Å²) in [5, 5.41) is 2.43. The van der Waals surface area contributed by atoms with Crippen molar-refractivity contribution < 1.29 is 36.0 Å². The first kappa shape index (κ1) is 16.6. The Hall–Kier alpha value is -1.22. The van der Waals surface area contributed by atoms with Crippen LogP contribution in [0.1, 0.15) is 22.5 Å². The molecule has 1 N–H and O–H groups in total. The summed E-state index contributed by atoms with van der Waals surface area (Å²) in [6, 6.07) is 0. The van der Waals surface area contributed by atoms with Gasteiger partial charge in [-0.15, -0.1) is 0 Å². The van der Waals surface area contributed by atoms with Crippen molar-refractivity contribution in [3.8, 4) is 0 Å². The summed E-state index contributed by atoms with van der Waals surface area (Å²) < 4.78 is 41.0. The third-order valence-electron chi connectivity index (χ3n) is 3.50. The third-order valence-corrected chi connectivity index (χ3v) is 3.50. The van der Waals surface area contributed by atoms with Crippen LogP contribution in [0.5, 0.6) is 0 Å². The van der Waals surface area contributed by atoms with E-state index in [1.165, 1.54) is 7.05 Å². The predicted molar refractivity (Wildman–Crippen MR) is 81.0 cm³/mol. The number of hydrogen-bond acceptors (Lipinski definition) is 7. The molecule has 1 rings (SSSR count). The second-order valence-corrected chi connectivity index (χ2v) is 5.17. The Morgan fingerprint density at radius 3 is 2.74 bits per heavy atom. The van der Waals surface area contributed by atoms with Gasteiger partial charge in [0.15, 0.2) is 6.10 Å². The first-order valence-electron chi connectivity index (χ1n) is 8.66. The lowest BCUT2D eigenvalue weighted by Gasteiger charge is -2.23. The standard InChI is InChI=1S/C15H27NO7/c1-10-14(21-8-7-19-3)15(11(22-10)9-20-4)23-13(18)6-5-12(17)16-2/h10-11,14-15H,5-9H2,1-4H3,(H,16,17)/t10-,11+,14?,15-/m0/s1/i4TD/t4?,10-,11+,14?,15-. The van der Waals surface area contributed by atoms with Gasteiger partial charge in [-0.2, -0.15) is 0 Å². The molecule has 134 valence electrons. The van der Waals surface area contributed by atoms with E-state index in [9.17, 15) is 9.59 Å². The van der Waals surface area contributed by atoms with Gasteiger partial charge >= 0.3 is 5.97 Å². The van der Waals surface area contributed by atoms with Crippen molar-refractivity contribution in [3.05, 3.63) is 0 Å². The largest absolute Gasteiger partial charge is 0.457 e. The molecule has 1 heterocycles. The topological polar surface area (TPSA) is 92.3 Å². The number of methoxy groups -OCH3 is 2. The molecule has 1 aliphatic rings. The highest BCUT2D eigenvalue weighted by Crippen LogP contribution is 2.27. The Morgan fingerprint density at radius 2 is 2.09 bits per heavy atom. The number of ether oxygens (including phenoxy) is 5. The molecular weight excluding hydrogens is 306 g/mol. The lowest BCUT2D eigenvalue weighted by atomic mass is 10.1. The fourth-order valence-corrected chi connectivity index (χ4v) is 2.33. The van der Waals surface area contributed by atoms with E-state index in [4.69, 9.17) is 26.4 Å². The zero-order valence-corrected chi connectivity index (χ0v) is 13.8. The van der Waals surface area contributed by atoms with Gasteiger partial charge in [-0.3, -0.25) is 9.59 Å². The van der Waals surface area contributed by atoms with Crippen LogP contribution in [-0.2, 0) is 33.3 Å². The van der Waals surface area contributed by atoms with E-state index in [-0.39, 0.29) is 31.5 Å². The van der Waals surface area contributed by atoms with Gasteiger partial charge in [-0.05, 0) is 6.92 Å². The smallest absolute Gasteiger partial charge is 0.306 e. The highest BCUT2D eigenvalue weighted by molar-refractivity contribution is 5.81. The molecule has 0 saturated carbocycles. The van der Waals surface area contributed by atoms with Crippen molar-refractivity contribution in [2.45, 2.75) is 44.2 Å². The zero-order valence-electron chi connectivity index (χ0n) is 15.8. The van der Waals surface area contributed by atoms with E-state index in [1.54, 1.807) is 14.0 Å². The van der Waals surface area contributed by atoms with Crippen molar-refractivity contribution in [3.63, 3.8) is 0 Å². The van der Waals surface area contributed by atoms with Crippen LogP contribution in [0.4, 0.5) is 0 Å². The van der Waals surface area contributed by atoms with Gasteiger partial charge in [-0.25, -0.2) is 0 Å². The van der Waals surface area contributed by atoms with E-state index >= 15 is 0 Å². The minimum atomic E-state index is -1.46. The number of nitrogens with one attached hydrogen (secondary N) is 1. The van der Waals surface area contributed by atoms with Crippen LogP contribution in [0.15, 0.2) is 0 Å². The van der Waals surface area contributed by atoms with Gasteiger partial charge in [0.25, 0.3) is 0 Å². The maximum absolute atomic E-state index is 12.0. The Morgan fingerprint density at radius 1 is 1.30 bits per heavy atom. The molecule has 0 aromatic rings. The van der Waals surface area contributed by atoms with Gasteiger partial charge in [0, 0.05) is 27.6 Å². The maximum Gasteiger partial charge on any atom is 0.306 e. The number of rotatable bonds is 10. The van der Waals surface area contributed by atoms with Crippen LogP contribution in [0.3, 0.4) is 0 Å². The van der Waals surface area contributed by atoms with Crippen molar-refractivity contribution >= 4 is 11.9 Å². The number of carbonyl (C=O) groups excluding carboxylic acids is 2. The monoisotopic (exact) mass is 336 g/mol. The van der Waals surface area contributed by atoms with E-state index in [2.05, 4.69) is 5.32 Å². The molecule has 5 atom stereocenters. The van der Waals surface area contributed by atoms with Crippen molar-refractivity contribution in [1.29, 1.82) is 0 Å². The first-order chi connectivity index (χ1) is 11.9. The molecule has 1 saturated heterocycles. The number of amides is 1. The third kappa shape index (κ3) is 6.42. The predicted octanol–water partition coefficient (Wildman–Crippen LogP) is -0.110. The van der Waals surface area contributed by atoms with Crippen molar-refractivity contribution in [2.24, 2.45) is 0 Å². The van der Waals surface area contributed by atoms with Crippen molar-refractivity contribution in [1.82, 2.24) is 5.32 Å². The summed E-state index contributed by atoms with van der Waals surface area (Å²) in [5.74, 6) is -0.808. The molecule has 0 spiro atoms. The minimum Gasteiger partial charge on any atom is -0.457 e. The molecule has 0 aromatic carbocycles. The second kappa shape index (κ2) is 10.5. The first-order valence-corrected chi connectivity index (χ1v) is 7.51. The van der Waals surface area contributed by atoms with E-state index in [1.807, 2.05) is 0 Å². The number of carbonyl (C=O) groups is 2. The van der Waals surface area contributed by atoms with Gasteiger partial charge in [0.05, 0.1) is 35.1 Å². The van der Waals surface area contributed by atoms with Gasteiger partial charge in [-0.1, -0.05) is 0 Å². The normalized spacial score (nSPS) is 29.5. The average Bonchev–Trinajstić information content (AvgIpc) is 2.86. The Labute approximate surface area is 139 Å². The molecule has 2 unspecified atom stereocenters. The molecule has 1 fully saturated rings. The summed E-state index contributed by atoms with van der Waals surface area (Å²) in [4.78, 5) is 23.3. The van der Waals surface area contributed by atoms with Gasteiger partial charge < -0.3 is 29.0 Å². The van der Waals surface area contributed by atoms with Crippen LogP contribution in [0.25, 0.3) is 0 Å². The Bertz CT molecular complexity index is 425. The molecule has 0 aliphatic carbocycles. The lowest BCUT2D eigenvalue weighted by Crippen LogP contribution is -2.40. The quantitative estimate of drug-likeness (QED) is 0.439. The van der Waals surface area contributed by atoms with E-state index in [0.717, 1.165) is 0 Å². The SMILES string of the molecule is [2H]C([3H])OC[C@H]1O[C@@H](C)C(OCCOC)[C@H]1OC(=O)CCC(=O)NC. The number of hydrogen-bond donors (Lipinski definition) is 1. The van der Waals surface area contributed by atoms with Crippen LogP contribution in [0.2, 0.25) is 0 Å². The van der Waals surface area contributed by atoms with Gasteiger partial charge in [0.1, 0.15) is 12.2 Å². The summed E-state index contributed by atoms with van der Waals surface area (Å²) in [6.45, 7) is 2.39. The second-order valence-electron chi connectivity index (χ2n) is 5.17. The summed E-state index contributed by atoms with van der Waals surface area (Å²) in [7, 11) is 1.58. The van der Waals surface area contributed by atoms with E-state index in [0.29, 0.717) is 13.2 Å². The van der Waals surface area contributed by atoms with E-state index < -0.39 is 31.3 Å². The summed E-state index contributed by atoms with van der Waals surface area (Å²) in [6.07, 6.45) is -2.33. The van der Waals surface area contributed by atoms with Crippen molar-refractivity contribution in [2.75, 3.05) is 41.0 Å². The maximum atomic E-state index is 12.0. The molecule has 8 heteroatoms. The fraction of sp³-hybridized carbons (Fsp3) is 0.867. The molecular formula is C15H27NO7. The number of esters is 1. The summed E-state index contributed by atoms with van der Waals surface area (Å²) >= 11 is 0. The fourth-order valence-electron chi connectivity index (χ4n) is 2.33. The average molecular weight is 336 g/mol. The highest BCUT2D eigenvalue weighted by atomic mass is 16.6.